The van der Waals surface area contributed by atoms with Gasteiger partial charge in [-0.05, 0) is 29.8 Å². The van der Waals surface area contributed by atoms with E-state index < -0.39 is 0 Å². The van der Waals surface area contributed by atoms with Crippen LogP contribution in [-0.2, 0) is 11.3 Å². The topological polar surface area (TPSA) is 107 Å². The van der Waals surface area contributed by atoms with E-state index in [-0.39, 0.29) is 5.91 Å². The van der Waals surface area contributed by atoms with Gasteiger partial charge in [-0.2, -0.15) is 0 Å². The molecule has 150 valence electrons. The quantitative estimate of drug-likeness (QED) is 0.346. The number of hydrogen-bond donors (Lipinski definition) is 3. The van der Waals surface area contributed by atoms with Crippen LogP contribution in [0.1, 0.15) is 12.5 Å². The molecule has 0 atom stereocenters. The summed E-state index contributed by atoms with van der Waals surface area (Å²) in [5.74, 6) is 2.18. The normalized spacial score (nSPS) is 10.9. The van der Waals surface area contributed by atoms with Gasteiger partial charge in [-0.15, -0.1) is 0 Å². The molecular formula is C20H26N4O4. The number of aliphatic imine (C=N–C) groups is 1. The Labute approximate surface area is 164 Å². The second-order valence-corrected chi connectivity index (χ2v) is 5.88. The first-order valence-electron chi connectivity index (χ1n) is 8.77. The lowest BCUT2D eigenvalue weighted by Gasteiger charge is -2.10. The fourth-order valence-corrected chi connectivity index (χ4v) is 2.43. The molecule has 2 aromatic rings. The van der Waals surface area contributed by atoms with E-state index in [2.05, 4.69) is 15.6 Å². The molecule has 0 radical (unpaired) electrons. The zero-order chi connectivity index (χ0) is 20.4. The predicted octanol–water partition coefficient (Wildman–Crippen LogP) is 2.15. The van der Waals surface area contributed by atoms with E-state index in [9.17, 15) is 4.79 Å². The summed E-state index contributed by atoms with van der Waals surface area (Å²) in [5, 5.41) is 5.71. The van der Waals surface area contributed by atoms with Crippen LogP contribution in [0, 0.1) is 0 Å². The van der Waals surface area contributed by atoms with Crippen molar-refractivity contribution in [2.24, 2.45) is 10.7 Å². The Kier molecular flexibility index (Phi) is 7.95. The third-order valence-corrected chi connectivity index (χ3v) is 3.71. The molecule has 0 unspecified atom stereocenters. The summed E-state index contributed by atoms with van der Waals surface area (Å²) in [6.07, 6.45) is 0. The SMILES string of the molecule is COc1ccc(CN=C(N)NCCOc2cccc(NC(C)=O)c2)cc1OC. The van der Waals surface area contributed by atoms with Crippen molar-refractivity contribution in [1.29, 1.82) is 0 Å². The average Bonchev–Trinajstić information content (AvgIpc) is 2.69. The van der Waals surface area contributed by atoms with Gasteiger partial charge in [0.15, 0.2) is 17.5 Å². The first-order valence-corrected chi connectivity index (χ1v) is 8.77. The van der Waals surface area contributed by atoms with Gasteiger partial charge in [-0.3, -0.25) is 4.79 Å². The number of anilines is 1. The van der Waals surface area contributed by atoms with Crippen LogP contribution in [-0.4, -0.2) is 39.2 Å². The molecule has 0 spiro atoms. The molecule has 0 bridgehead atoms. The van der Waals surface area contributed by atoms with E-state index in [0.717, 1.165) is 5.56 Å². The maximum absolute atomic E-state index is 11.1. The molecule has 0 aliphatic carbocycles. The van der Waals surface area contributed by atoms with Crippen LogP contribution in [0.2, 0.25) is 0 Å². The summed E-state index contributed by atoms with van der Waals surface area (Å²) in [7, 11) is 3.18. The van der Waals surface area contributed by atoms with E-state index in [1.54, 1.807) is 26.4 Å². The van der Waals surface area contributed by atoms with Crippen molar-refractivity contribution in [2.75, 3.05) is 32.7 Å². The Morgan fingerprint density at radius 3 is 2.61 bits per heavy atom. The van der Waals surface area contributed by atoms with E-state index in [4.69, 9.17) is 19.9 Å². The molecule has 2 rings (SSSR count). The van der Waals surface area contributed by atoms with Gasteiger partial charge in [-0.1, -0.05) is 12.1 Å². The summed E-state index contributed by atoms with van der Waals surface area (Å²) in [5.41, 5.74) is 7.53. The van der Waals surface area contributed by atoms with Gasteiger partial charge < -0.3 is 30.6 Å². The van der Waals surface area contributed by atoms with Gasteiger partial charge in [0.2, 0.25) is 5.91 Å². The molecular weight excluding hydrogens is 360 g/mol. The summed E-state index contributed by atoms with van der Waals surface area (Å²) < 4.78 is 16.1. The van der Waals surface area contributed by atoms with Crippen molar-refractivity contribution in [3.8, 4) is 17.2 Å². The Morgan fingerprint density at radius 2 is 1.89 bits per heavy atom. The zero-order valence-corrected chi connectivity index (χ0v) is 16.3. The van der Waals surface area contributed by atoms with Crippen molar-refractivity contribution in [1.82, 2.24) is 5.32 Å². The maximum atomic E-state index is 11.1. The molecule has 0 fully saturated rings. The van der Waals surface area contributed by atoms with Crippen molar-refractivity contribution in [3.63, 3.8) is 0 Å². The van der Waals surface area contributed by atoms with Crippen LogP contribution < -0.4 is 30.6 Å². The van der Waals surface area contributed by atoms with Crippen molar-refractivity contribution in [3.05, 3.63) is 48.0 Å². The third kappa shape index (κ3) is 6.71. The Balaban J connectivity index is 1.78. The minimum Gasteiger partial charge on any atom is -0.493 e. The number of amides is 1. The predicted molar refractivity (Wildman–Crippen MR) is 109 cm³/mol. The second-order valence-electron chi connectivity index (χ2n) is 5.88. The molecule has 0 aromatic heterocycles. The van der Waals surface area contributed by atoms with Crippen LogP contribution in [0.4, 0.5) is 5.69 Å². The molecule has 0 saturated heterocycles. The number of guanidine groups is 1. The lowest BCUT2D eigenvalue weighted by atomic mass is 10.2. The molecule has 8 heteroatoms. The van der Waals surface area contributed by atoms with E-state index in [1.807, 2.05) is 30.3 Å². The lowest BCUT2D eigenvalue weighted by molar-refractivity contribution is -0.114. The van der Waals surface area contributed by atoms with Gasteiger partial charge >= 0.3 is 0 Å². The van der Waals surface area contributed by atoms with E-state index >= 15 is 0 Å². The molecule has 0 heterocycles. The summed E-state index contributed by atoms with van der Waals surface area (Å²) >= 11 is 0. The third-order valence-electron chi connectivity index (χ3n) is 3.71. The molecule has 0 aliphatic heterocycles. The highest BCUT2D eigenvalue weighted by Crippen LogP contribution is 2.27. The number of methoxy groups -OCH3 is 2. The van der Waals surface area contributed by atoms with Crippen molar-refractivity contribution < 1.29 is 19.0 Å². The number of nitrogens with one attached hydrogen (secondary N) is 2. The summed E-state index contributed by atoms with van der Waals surface area (Å²) in [4.78, 5) is 15.4. The Morgan fingerprint density at radius 1 is 1.11 bits per heavy atom. The Bertz CT molecular complexity index is 824. The van der Waals surface area contributed by atoms with E-state index in [1.165, 1.54) is 6.92 Å². The van der Waals surface area contributed by atoms with Crippen molar-refractivity contribution >= 4 is 17.6 Å². The van der Waals surface area contributed by atoms with Crippen molar-refractivity contribution in [2.45, 2.75) is 13.5 Å². The first-order chi connectivity index (χ1) is 13.5. The fourth-order valence-electron chi connectivity index (χ4n) is 2.43. The fraction of sp³-hybridized carbons (Fsp3) is 0.300. The molecule has 1 amide bonds. The number of nitrogens with two attached hydrogens (primary N) is 1. The second kappa shape index (κ2) is 10.7. The minimum absolute atomic E-state index is 0.128. The van der Waals surface area contributed by atoms with Gasteiger partial charge in [-0.25, -0.2) is 4.99 Å². The largest absolute Gasteiger partial charge is 0.493 e. The smallest absolute Gasteiger partial charge is 0.221 e. The van der Waals surface area contributed by atoms with Gasteiger partial charge in [0, 0.05) is 18.7 Å². The molecule has 0 saturated carbocycles. The minimum atomic E-state index is -0.128. The summed E-state index contributed by atoms with van der Waals surface area (Å²) in [6.45, 7) is 2.77. The monoisotopic (exact) mass is 386 g/mol. The van der Waals surface area contributed by atoms with Gasteiger partial charge in [0.05, 0.1) is 27.3 Å². The van der Waals surface area contributed by atoms with Gasteiger partial charge in [0.1, 0.15) is 12.4 Å². The highest BCUT2D eigenvalue weighted by molar-refractivity contribution is 5.88. The van der Waals surface area contributed by atoms with Crippen LogP contribution in [0.5, 0.6) is 17.2 Å². The number of rotatable bonds is 9. The molecule has 8 nitrogen and oxygen atoms in total. The van der Waals surface area contributed by atoms with Crippen LogP contribution in [0.3, 0.4) is 0 Å². The molecule has 4 N–H and O–H groups in total. The number of hydrogen-bond acceptors (Lipinski definition) is 5. The van der Waals surface area contributed by atoms with Gasteiger partial charge in [0.25, 0.3) is 0 Å². The number of carbonyl (C=O) groups excluding carboxylic acids is 1. The number of ether oxygens (including phenoxy) is 3. The average molecular weight is 386 g/mol. The first kappa shape index (κ1) is 20.9. The Hall–Kier alpha value is -3.42. The molecule has 2 aromatic carbocycles. The van der Waals surface area contributed by atoms with Crippen LogP contribution in [0.15, 0.2) is 47.5 Å². The maximum Gasteiger partial charge on any atom is 0.221 e. The number of benzene rings is 2. The lowest BCUT2D eigenvalue weighted by Crippen LogP contribution is -2.34. The van der Waals surface area contributed by atoms with Crippen LogP contribution in [0.25, 0.3) is 0 Å². The number of carbonyl (C=O) groups is 1. The highest BCUT2D eigenvalue weighted by Gasteiger charge is 2.04. The van der Waals surface area contributed by atoms with Crippen LogP contribution >= 0.6 is 0 Å². The molecule has 0 aliphatic rings. The zero-order valence-electron chi connectivity index (χ0n) is 16.3. The standard InChI is InChI=1S/C20H26N4O4/c1-14(25)24-16-5-4-6-17(12-16)28-10-9-22-20(21)23-13-15-7-8-18(26-2)19(11-15)27-3/h4-8,11-12H,9-10,13H2,1-3H3,(H,24,25)(H3,21,22,23). The van der Waals surface area contributed by atoms with E-state index in [0.29, 0.717) is 48.6 Å². The molecule has 28 heavy (non-hydrogen) atoms. The number of nitrogens with zero attached hydrogens (tertiary/aromatic N) is 1. The summed E-state index contributed by atoms with van der Waals surface area (Å²) in [6, 6.07) is 12.8. The highest BCUT2D eigenvalue weighted by atomic mass is 16.5.